The first-order valence-electron chi connectivity index (χ1n) is 6.33. The van der Waals surface area contributed by atoms with Gasteiger partial charge in [0.05, 0.1) is 18.4 Å². The van der Waals surface area contributed by atoms with Crippen molar-refractivity contribution in [2.75, 3.05) is 0 Å². The van der Waals surface area contributed by atoms with Crippen LogP contribution in [0.3, 0.4) is 0 Å². The van der Waals surface area contributed by atoms with Crippen molar-refractivity contribution in [1.29, 1.82) is 0 Å². The van der Waals surface area contributed by atoms with Crippen LogP contribution < -0.4 is 5.32 Å². The normalized spacial score (nSPS) is 11.7. The number of halogens is 1. The van der Waals surface area contributed by atoms with Crippen LogP contribution in [-0.4, -0.2) is 18.0 Å². The maximum absolute atomic E-state index is 11.9. The molecular formula is C15H14BrNO4. The molecule has 1 N–H and O–H groups in total. The number of benzene rings is 1. The van der Waals surface area contributed by atoms with Gasteiger partial charge in [0.15, 0.2) is 6.10 Å². The maximum atomic E-state index is 11.9. The van der Waals surface area contributed by atoms with E-state index in [1.165, 1.54) is 13.2 Å². The van der Waals surface area contributed by atoms with Crippen LogP contribution in [0.5, 0.6) is 0 Å². The summed E-state index contributed by atoms with van der Waals surface area (Å²) in [5, 5.41) is 2.63. The topological polar surface area (TPSA) is 68.5 Å². The van der Waals surface area contributed by atoms with Gasteiger partial charge in [-0.05, 0) is 43.3 Å². The van der Waals surface area contributed by atoms with Gasteiger partial charge in [0, 0.05) is 4.47 Å². The van der Waals surface area contributed by atoms with E-state index in [0.717, 1.165) is 4.47 Å². The molecule has 0 radical (unpaired) electrons. The Balaban J connectivity index is 1.85. The van der Waals surface area contributed by atoms with Gasteiger partial charge in [0.2, 0.25) is 0 Å². The Hall–Kier alpha value is -2.08. The van der Waals surface area contributed by atoms with Crippen LogP contribution >= 0.6 is 15.9 Å². The minimum atomic E-state index is -0.879. The molecule has 1 heterocycles. The van der Waals surface area contributed by atoms with Crippen molar-refractivity contribution in [1.82, 2.24) is 5.32 Å². The van der Waals surface area contributed by atoms with Crippen LogP contribution in [0.2, 0.25) is 0 Å². The number of carbonyl (C=O) groups is 2. The fourth-order valence-corrected chi connectivity index (χ4v) is 1.86. The van der Waals surface area contributed by atoms with Gasteiger partial charge < -0.3 is 14.5 Å². The van der Waals surface area contributed by atoms with E-state index in [1.54, 1.807) is 36.4 Å². The van der Waals surface area contributed by atoms with Crippen LogP contribution in [0.25, 0.3) is 0 Å². The second-order valence-corrected chi connectivity index (χ2v) is 5.27. The van der Waals surface area contributed by atoms with Gasteiger partial charge in [-0.1, -0.05) is 15.9 Å². The lowest BCUT2D eigenvalue weighted by molar-refractivity contribution is -0.129. The molecule has 0 aliphatic rings. The molecule has 2 rings (SSSR count). The maximum Gasteiger partial charge on any atom is 0.338 e. The SMILES string of the molecule is CC(OC(=O)c1ccc(Br)cc1)C(=O)NCc1ccco1. The summed E-state index contributed by atoms with van der Waals surface area (Å²) >= 11 is 3.28. The van der Waals surface area contributed by atoms with Crippen molar-refractivity contribution in [3.05, 3.63) is 58.5 Å². The average Bonchev–Trinajstić information content (AvgIpc) is 2.98. The highest BCUT2D eigenvalue weighted by Gasteiger charge is 2.18. The zero-order valence-corrected chi connectivity index (χ0v) is 12.9. The number of ether oxygens (including phenoxy) is 1. The molecule has 0 saturated heterocycles. The largest absolute Gasteiger partial charge is 0.467 e. The number of hydrogen-bond donors (Lipinski definition) is 1. The molecule has 5 nitrogen and oxygen atoms in total. The van der Waals surface area contributed by atoms with Crippen LogP contribution in [0.4, 0.5) is 0 Å². The number of furan rings is 1. The third-order valence-electron chi connectivity index (χ3n) is 2.75. The number of nitrogens with one attached hydrogen (secondary N) is 1. The van der Waals surface area contributed by atoms with Crippen molar-refractivity contribution in [2.45, 2.75) is 19.6 Å². The zero-order valence-electron chi connectivity index (χ0n) is 11.3. The second-order valence-electron chi connectivity index (χ2n) is 4.35. The molecule has 0 spiro atoms. The second kappa shape index (κ2) is 7.08. The van der Waals surface area contributed by atoms with Crippen molar-refractivity contribution in [2.24, 2.45) is 0 Å². The fourth-order valence-electron chi connectivity index (χ4n) is 1.60. The van der Waals surface area contributed by atoms with Gasteiger partial charge in [-0.15, -0.1) is 0 Å². The number of amides is 1. The Morgan fingerprint density at radius 2 is 2.00 bits per heavy atom. The third-order valence-corrected chi connectivity index (χ3v) is 3.28. The molecular weight excluding hydrogens is 338 g/mol. The molecule has 0 saturated carbocycles. The highest BCUT2D eigenvalue weighted by atomic mass is 79.9. The van der Waals surface area contributed by atoms with E-state index in [9.17, 15) is 9.59 Å². The highest BCUT2D eigenvalue weighted by molar-refractivity contribution is 9.10. The molecule has 1 amide bonds. The van der Waals surface area contributed by atoms with E-state index in [2.05, 4.69) is 21.2 Å². The van der Waals surface area contributed by atoms with E-state index in [1.807, 2.05) is 0 Å². The van der Waals surface area contributed by atoms with E-state index in [-0.39, 0.29) is 12.5 Å². The van der Waals surface area contributed by atoms with Crippen molar-refractivity contribution in [3.63, 3.8) is 0 Å². The molecule has 6 heteroatoms. The van der Waals surface area contributed by atoms with Crippen LogP contribution in [0.1, 0.15) is 23.0 Å². The Kier molecular flexibility index (Phi) is 5.16. The molecule has 1 atom stereocenters. The highest BCUT2D eigenvalue weighted by Crippen LogP contribution is 2.12. The average molecular weight is 352 g/mol. The summed E-state index contributed by atoms with van der Waals surface area (Å²) in [6, 6.07) is 10.2. The molecule has 1 aromatic carbocycles. The molecule has 0 fully saturated rings. The van der Waals surface area contributed by atoms with Gasteiger partial charge >= 0.3 is 5.97 Å². The first-order valence-corrected chi connectivity index (χ1v) is 7.12. The smallest absolute Gasteiger partial charge is 0.338 e. The van der Waals surface area contributed by atoms with E-state index in [0.29, 0.717) is 11.3 Å². The summed E-state index contributed by atoms with van der Waals surface area (Å²) in [5.74, 6) is -0.283. The van der Waals surface area contributed by atoms with Crippen LogP contribution in [0.15, 0.2) is 51.6 Å². The van der Waals surface area contributed by atoms with Crippen molar-refractivity contribution in [3.8, 4) is 0 Å². The minimum Gasteiger partial charge on any atom is -0.467 e. The van der Waals surface area contributed by atoms with Gasteiger partial charge in [-0.3, -0.25) is 4.79 Å². The van der Waals surface area contributed by atoms with Gasteiger partial charge in [0.1, 0.15) is 5.76 Å². The molecule has 21 heavy (non-hydrogen) atoms. The number of carbonyl (C=O) groups excluding carboxylic acids is 2. The summed E-state index contributed by atoms with van der Waals surface area (Å²) in [5.41, 5.74) is 0.392. The zero-order chi connectivity index (χ0) is 15.2. The predicted octanol–water partition coefficient (Wildman–Crippen LogP) is 2.90. The molecule has 0 aliphatic heterocycles. The Morgan fingerprint density at radius 1 is 1.29 bits per heavy atom. The number of hydrogen-bond acceptors (Lipinski definition) is 4. The van der Waals surface area contributed by atoms with Crippen LogP contribution in [0, 0.1) is 0 Å². The summed E-state index contributed by atoms with van der Waals surface area (Å²) in [6.45, 7) is 1.78. The lowest BCUT2D eigenvalue weighted by Gasteiger charge is -2.13. The molecule has 0 bridgehead atoms. The Morgan fingerprint density at radius 3 is 2.62 bits per heavy atom. The minimum absolute atomic E-state index is 0.256. The van der Waals surface area contributed by atoms with Crippen molar-refractivity contribution >= 4 is 27.8 Å². The quantitative estimate of drug-likeness (QED) is 0.841. The van der Waals surface area contributed by atoms with Crippen LogP contribution in [-0.2, 0) is 16.1 Å². The van der Waals surface area contributed by atoms with E-state index in [4.69, 9.17) is 9.15 Å². The summed E-state index contributed by atoms with van der Waals surface area (Å²) in [4.78, 5) is 23.7. The first kappa shape index (κ1) is 15.3. The Bertz CT molecular complexity index is 607. The fraction of sp³-hybridized carbons (Fsp3) is 0.200. The molecule has 0 aliphatic carbocycles. The molecule has 110 valence electrons. The molecule has 1 unspecified atom stereocenters. The van der Waals surface area contributed by atoms with Crippen molar-refractivity contribution < 1.29 is 18.7 Å². The van der Waals surface area contributed by atoms with E-state index >= 15 is 0 Å². The summed E-state index contributed by atoms with van der Waals surface area (Å²) in [7, 11) is 0. The lowest BCUT2D eigenvalue weighted by atomic mass is 10.2. The molecule has 1 aromatic heterocycles. The predicted molar refractivity (Wildman–Crippen MR) is 79.6 cm³/mol. The standard InChI is InChI=1S/C15H14BrNO4/c1-10(14(18)17-9-13-3-2-8-20-13)21-15(19)11-4-6-12(16)7-5-11/h2-8,10H,9H2,1H3,(H,17,18). The van der Waals surface area contributed by atoms with E-state index < -0.39 is 12.1 Å². The first-order chi connectivity index (χ1) is 10.1. The monoisotopic (exact) mass is 351 g/mol. The summed E-state index contributed by atoms with van der Waals surface area (Å²) in [6.07, 6.45) is 0.648. The lowest BCUT2D eigenvalue weighted by Crippen LogP contribution is -2.35. The third kappa shape index (κ3) is 4.46. The number of esters is 1. The van der Waals surface area contributed by atoms with Gasteiger partial charge in [-0.2, -0.15) is 0 Å². The molecule has 2 aromatic rings. The van der Waals surface area contributed by atoms with Gasteiger partial charge in [0.25, 0.3) is 5.91 Å². The number of rotatable bonds is 5. The summed E-state index contributed by atoms with van der Waals surface area (Å²) < 4.78 is 11.1. The Labute approximate surface area is 130 Å². The van der Waals surface area contributed by atoms with Gasteiger partial charge in [-0.25, -0.2) is 4.79 Å².